The number of rotatable bonds is 2. The number of nitrogens with zero attached hydrogens (tertiary/aromatic N) is 1. The van der Waals surface area contributed by atoms with Crippen LogP contribution >= 0.6 is 0 Å². The summed E-state index contributed by atoms with van der Waals surface area (Å²) < 4.78 is 0. The number of nitrogens with one attached hydrogen (secondary N) is 1. The van der Waals surface area contributed by atoms with Crippen molar-refractivity contribution in [3.05, 3.63) is 34.9 Å². The molecule has 4 heteroatoms. The van der Waals surface area contributed by atoms with Crippen molar-refractivity contribution in [2.75, 3.05) is 6.54 Å². The molecule has 0 aliphatic carbocycles. The third kappa shape index (κ3) is 2.21. The predicted octanol–water partition coefficient (Wildman–Crippen LogP) is 0.584. The monoisotopic (exact) mass is 217 g/mol. The maximum Gasteiger partial charge on any atom is 0.217 e. The number of amides is 1. The highest BCUT2D eigenvalue weighted by Gasteiger charge is 2.11. The minimum absolute atomic E-state index is 0.0150. The van der Waals surface area contributed by atoms with Crippen molar-refractivity contribution >= 4 is 11.7 Å². The molecule has 0 fully saturated rings. The van der Waals surface area contributed by atoms with E-state index in [2.05, 4.69) is 16.4 Å². The number of fused-ring (bicyclic) bond motifs is 1. The van der Waals surface area contributed by atoms with E-state index in [1.54, 1.807) is 0 Å². The van der Waals surface area contributed by atoms with Crippen LogP contribution in [0.5, 0.6) is 0 Å². The second-order valence-electron chi connectivity index (χ2n) is 3.92. The molecular weight excluding hydrogens is 202 g/mol. The Balaban J connectivity index is 2.19. The van der Waals surface area contributed by atoms with Gasteiger partial charge in [-0.25, -0.2) is 0 Å². The summed E-state index contributed by atoms with van der Waals surface area (Å²) >= 11 is 0. The Morgan fingerprint density at radius 1 is 1.56 bits per heavy atom. The van der Waals surface area contributed by atoms with Gasteiger partial charge >= 0.3 is 0 Å². The molecule has 0 saturated heterocycles. The molecule has 1 aromatic carbocycles. The van der Waals surface area contributed by atoms with E-state index in [4.69, 9.17) is 5.73 Å². The number of carbonyl (C=O) groups is 1. The van der Waals surface area contributed by atoms with Crippen molar-refractivity contribution in [1.29, 1.82) is 0 Å². The molecule has 3 N–H and O–H groups in total. The topological polar surface area (TPSA) is 67.5 Å². The number of hydrogen-bond donors (Lipinski definition) is 2. The van der Waals surface area contributed by atoms with Crippen LogP contribution in [-0.2, 0) is 17.8 Å². The molecule has 0 unspecified atom stereocenters. The van der Waals surface area contributed by atoms with Gasteiger partial charge in [0.15, 0.2) is 0 Å². The van der Waals surface area contributed by atoms with E-state index < -0.39 is 0 Å². The fourth-order valence-corrected chi connectivity index (χ4v) is 1.82. The molecule has 1 heterocycles. The largest absolute Gasteiger partial charge is 0.383 e. The Morgan fingerprint density at radius 3 is 3.12 bits per heavy atom. The lowest BCUT2D eigenvalue weighted by atomic mass is 9.98. The first kappa shape index (κ1) is 10.7. The highest BCUT2D eigenvalue weighted by atomic mass is 16.1. The van der Waals surface area contributed by atoms with E-state index in [0.29, 0.717) is 12.4 Å². The first-order chi connectivity index (χ1) is 7.66. The van der Waals surface area contributed by atoms with E-state index in [-0.39, 0.29) is 5.91 Å². The first-order valence-corrected chi connectivity index (χ1v) is 5.33. The molecule has 0 saturated carbocycles. The normalized spacial score (nSPS) is 13.9. The van der Waals surface area contributed by atoms with E-state index in [1.165, 1.54) is 12.5 Å². The molecule has 1 aliphatic rings. The zero-order chi connectivity index (χ0) is 11.5. The van der Waals surface area contributed by atoms with Gasteiger partial charge in [0.2, 0.25) is 5.91 Å². The molecular formula is C12H15N3O. The third-order valence-corrected chi connectivity index (χ3v) is 2.65. The second kappa shape index (κ2) is 4.35. The summed E-state index contributed by atoms with van der Waals surface area (Å²) in [6.45, 7) is 2.84. The van der Waals surface area contributed by atoms with Crippen LogP contribution in [-0.4, -0.2) is 18.3 Å². The number of amidine groups is 1. The smallest absolute Gasteiger partial charge is 0.217 e. The summed E-state index contributed by atoms with van der Waals surface area (Å²) in [5, 5.41) is 2.78. The van der Waals surface area contributed by atoms with E-state index >= 15 is 0 Å². The van der Waals surface area contributed by atoms with Gasteiger partial charge in [-0.2, -0.15) is 0 Å². The van der Waals surface area contributed by atoms with Gasteiger partial charge in [-0.3, -0.25) is 9.79 Å². The van der Waals surface area contributed by atoms with Crippen molar-refractivity contribution in [2.24, 2.45) is 10.7 Å². The Morgan fingerprint density at radius 2 is 2.38 bits per heavy atom. The lowest BCUT2D eigenvalue weighted by molar-refractivity contribution is -0.119. The number of carbonyl (C=O) groups excluding carboxylic acids is 1. The number of nitrogens with two attached hydrogens (primary N) is 1. The van der Waals surface area contributed by atoms with Crippen LogP contribution in [0.2, 0.25) is 0 Å². The predicted molar refractivity (Wildman–Crippen MR) is 63.3 cm³/mol. The average molecular weight is 217 g/mol. The number of hydrogen-bond acceptors (Lipinski definition) is 3. The number of benzene rings is 1. The Labute approximate surface area is 94.6 Å². The molecule has 0 bridgehead atoms. The molecule has 1 amide bonds. The summed E-state index contributed by atoms with van der Waals surface area (Å²) in [5.74, 6) is 0.603. The van der Waals surface area contributed by atoms with Crippen LogP contribution in [0, 0.1) is 0 Å². The molecule has 2 rings (SSSR count). The minimum Gasteiger partial charge on any atom is -0.383 e. The van der Waals surface area contributed by atoms with Crippen molar-refractivity contribution < 1.29 is 4.79 Å². The standard InChI is InChI=1S/C12H15N3O/c1-8(16)15-7-9-2-3-11-10(6-9)4-5-14-12(11)13/h2-3,6H,4-5,7H2,1H3,(H2,13,14)(H,15,16). The fourth-order valence-electron chi connectivity index (χ4n) is 1.82. The highest BCUT2D eigenvalue weighted by molar-refractivity contribution is 5.99. The van der Waals surface area contributed by atoms with Crippen molar-refractivity contribution in [3.8, 4) is 0 Å². The third-order valence-electron chi connectivity index (χ3n) is 2.65. The van der Waals surface area contributed by atoms with Gasteiger partial charge in [-0.15, -0.1) is 0 Å². The molecule has 4 nitrogen and oxygen atoms in total. The van der Waals surface area contributed by atoms with Crippen LogP contribution < -0.4 is 11.1 Å². The maximum atomic E-state index is 10.8. The summed E-state index contributed by atoms with van der Waals surface area (Å²) in [6, 6.07) is 6.04. The summed E-state index contributed by atoms with van der Waals surface area (Å²) in [4.78, 5) is 15.0. The maximum absolute atomic E-state index is 10.8. The van der Waals surface area contributed by atoms with Crippen LogP contribution in [0.1, 0.15) is 23.6 Å². The molecule has 84 valence electrons. The van der Waals surface area contributed by atoms with Crippen LogP contribution in [0.25, 0.3) is 0 Å². The molecule has 0 aromatic heterocycles. The SMILES string of the molecule is CC(=O)NCc1ccc2c(c1)CCN=C2N. The molecule has 0 radical (unpaired) electrons. The van der Waals surface area contributed by atoms with Crippen LogP contribution in [0.3, 0.4) is 0 Å². The molecule has 1 aliphatic heterocycles. The van der Waals surface area contributed by atoms with Gasteiger partial charge in [0, 0.05) is 25.6 Å². The van der Waals surface area contributed by atoms with Gasteiger partial charge in [0.05, 0.1) is 0 Å². The molecule has 1 aromatic rings. The van der Waals surface area contributed by atoms with Crippen LogP contribution in [0.4, 0.5) is 0 Å². The fraction of sp³-hybridized carbons (Fsp3) is 0.333. The van der Waals surface area contributed by atoms with E-state index in [0.717, 1.165) is 24.1 Å². The quantitative estimate of drug-likeness (QED) is 0.761. The second-order valence-corrected chi connectivity index (χ2v) is 3.92. The Bertz CT molecular complexity index is 452. The van der Waals surface area contributed by atoms with E-state index in [9.17, 15) is 4.79 Å². The zero-order valence-corrected chi connectivity index (χ0v) is 9.29. The van der Waals surface area contributed by atoms with Gasteiger partial charge in [0.25, 0.3) is 0 Å². The number of aliphatic imine (C=N–C) groups is 1. The Hall–Kier alpha value is -1.84. The van der Waals surface area contributed by atoms with E-state index in [1.807, 2.05) is 12.1 Å². The lowest BCUT2D eigenvalue weighted by Crippen LogP contribution is -2.22. The van der Waals surface area contributed by atoms with Crippen molar-refractivity contribution in [2.45, 2.75) is 19.9 Å². The first-order valence-electron chi connectivity index (χ1n) is 5.33. The van der Waals surface area contributed by atoms with Gasteiger partial charge in [-0.05, 0) is 17.5 Å². The van der Waals surface area contributed by atoms with Crippen molar-refractivity contribution in [1.82, 2.24) is 5.32 Å². The van der Waals surface area contributed by atoms with Crippen LogP contribution in [0.15, 0.2) is 23.2 Å². The Kier molecular flexibility index (Phi) is 2.90. The van der Waals surface area contributed by atoms with Gasteiger partial charge in [0.1, 0.15) is 5.84 Å². The minimum atomic E-state index is -0.0150. The highest BCUT2D eigenvalue weighted by Crippen LogP contribution is 2.16. The van der Waals surface area contributed by atoms with Gasteiger partial charge in [-0.1, -0.05) is 18.2 Å². The average Bonchev–Trinajstić information content (AvgIpc) is 2.26. The molecule has 0 atom stereocenters. The van der Waals surface area contributed by atoms with Crippen molar-refractivity contribution in [3.63, 3.8) is 0 Å². The zero-order valence-electron chi connectivity index (χ0n) is 9.29. The van der Waals surface area contributed by atoms with Gasteiger partial charge < -0.3 is 11.1 Å². The summed E-state index contributed by atoms with van der Waals surface area (Å²) in [6.07, 6.45) is 0.921. The molecule has 0 spiro atoms. The summed E-state index contributed by atoms with van der Waals surface area (Å²) in [5.41, 5.74) is 9.14. The summed E-state index contributed by atoms with van der Waals surface area (Å²) in [7, 11) is 0. The molecule has 16 heavy (non-hydrogen) atoms. The lowest BCUT2D eigenvalue weighted by Gasteiger charge is -2.15.